The van der Waals surface area contributed by atoms with Gasteiger partial charge in [0, 0.05) is 22.4 Å². The van der Waals surface area contributed by atoms with Gasteiger partial charge < -0.3 is 19.9 Å². The van der Waals surface area contributed by atoms with Crippen LogP contribution >= 0.6 is 11.6 Å². The molecule has 8 nitrogen and oxygen atoms in total. The van der Waals surface area contributed by atoms with Crippen molar-refractivity contribution in [3.8, 4) is 17.2 Å². The number of hydrogen-bond donors (Lipinski definition) is 3. The van der Waals surface area contributed by atoms with Crippen LogP contribution in [-0.4, -0.2) is 28.3 Å². The Kier molecular flexibility index (Phi) is 8.32. The first-order chi connectivity index (χ1) is 12.2. The van der Waals surface area contributed by atoms with E-state index in [1.165, 1.54) is 30.3 Å². The predicted octanol–water partition coefficient (Wildman–Crippen LogP) is 0.931. The van der Waals surface area contributed by atoms with Crippen LogP contribution in [0.15, 0.2) is 57.6 Å². The van der Waals surface area contributed by atoms with E-state index in [2.05, 4.69) is 10.2 Å². The van der Waals surface area contributed by atoms with Crippen molar-refractivity contribution in [2.75, 3.05) is 0 Å². The Morgan fingerprint density at radius 1 is 0.893 bits per heavy atom. The second-order valence-electron chi connectivity index (χ2n) is 5.26. The Balaban J connectivity index is 0.00000196. The van der Waals surface area contributed by atoms with E-state index >= 15 is 0 Å². The first-order valence-corrected chi connectivity index (χ1v) is 8.80. The fourth-order valence-corrected chi connectivity index (χ4v) is 3.01. The molecule has 140 valence electrons. The maximum atomic E-state index is 11.2. The van der Waals surface area contributed by atoms with E-state index < -0.39 is 20.8 Å². The Labute approximate surface area is 197 Å². The summed E-state index contributed by atoms with van der Waals surface area (Å²) in [5.74, 6) is -1.13. The van der Waals surface area contributed by atoms with Gasteiger partial charge in [0.05, 0.1) is 10.3 Å². The van der Waals surface area contributed by atoms with Gasteiger partial charge in [0.1, 0.15) is 38.7 Å². The van der Waals surface area contributed by atoms with E-state index in [0.29, 0.717) is 5.02 Å². The molecule has 3 rings (SSSR count). The molecule has 0 aliphatic carbocycles. The number of rotatable bonds is 3. The molecule has 0 heterocycles. The average molecular weight is 469 g/mol. The van der Waals surface area contributed by atoms with Crippen molar-refractivity contribution in [3.05, 3.63) is 47.5 Å². The summed E-state index contributed by atoms with van der Waals surface area (Å²) in [6, 6.07) is 8.42. The van der Waals surface area contributed by atoms with Crippen LogP contribution in [0.3, 0.4) is 0 Å². The molecule has 3 aromatic rings. The van der Waals surface area contributed by atoms with E-state index in [1.54, 1.807) is 0 Å². The number of hydrogen-bond acceptors (Lipinski definition) is 8. The Morgan fingerprint density at radius 2 is 1.54 bits per heavy atom. The van der Waals surface area contributed by atoms with Gasteiger partial charge in [0.15, 0.2) is 0 Å². The van der Waals surface area contributed by atoms with Crippen LogP contribution in [0.5, 0.6) is 17.2 Å². The topological polar surface area (TPSA) is 143 Å². The van der Waals surface area contributed by atoms with Crippen molar-refractivity contribution in [2.45, 2.75) is 4.90 Å². The molecule has 12 heteroatoms. The summed E-state index contributed by atoms with van der Waals surface area (Å²) in [5, 5.41) is 38.0. The van der Waals surface area contributed by atoms with E-state index in [0.717, 1.165) is 12.1 Å². The summed E-state index contributed by atoms with van der Waals surface area (Å²) in [4.78, 5) is -0.622. The first-order valence-electron chi connectivity index (χ1n) is 7.01. The molecule has 0 unspecified atom stereocenters. The summed E-state index contributed by atoms with van der Waals surface area (Å²) >= 11 is 5.82. The molecule has 0 amide bonds. The second kappa shape index (κ2) is 9.43. The predicted molar refractivity (Wildman–Crippen MR) is 92.5 cm³/mol. The fourth-order valence-electron chi connectivity index (χ4n) is 2.31. The van der Waals surface area contributed by atoms with Gasteiger partial charge in [-0.3, -0.25) is 0 Å². The summed E-state index contributed by atoms with van der Waals surface area (Å²) in [6.07, 6.45) is 0. The summed E-state index contributed by atoms with van der Waals surface area (Å²) in [6.45, 7) is 0. The van der Waals surface area contributed by atoms with Crippen molar-refractivity contribution in [2.24, 2.45) is 10.2 Å². The number of halogens is 1. The monoisotopic (exact) mass is 468 g/mol. The Hall–Kier alpha value is -1.35. The first kappa shape index (κ1) is 24.7. The van der Waals surface area contributed by atoms with Crippen molar-refractivity contribution >= 4 is 43.9 Å². The van der Waals surface area contributed by atoms with Crippen LogP contribution in [0.4, 0.5) is 11.4 Å². The molecule has 28 heavy (non-hydrogen) atoms. The molecular weight excluding hydrogens is 459 g/mol. The normalized spacial score (nSPS) is 11.2. The number of fused-ring (bicyclic) bond motifs is 1. The maximum Gasteiger partial charge on any atom is 1.00 e. The number of aromatic hydroxyl groups is 3. The molecule has 0 aliphatic rings. The van der Waals surface area contributed by atoms with Crippen LogP contribution < -0.4 is 29.6 Å². The molecule has 0 saturated carbocycles. The van der Waals surface area contributed by atoms with Crippen LogP contribution in [0.1, 0.15) is 0 Å². The fraction of sp³-hybridized carbons (Fsp3) is 0. The van der Waals surface area contributed by atoms with Crippen molar-refractivity contribution in [1.82, 2.24) is 0 Å². The third kappa shape index (κ3) is 5.17. The SMILES string of the molecule is O=S(=O)([O-])c1cc(O)c2c(N=Nc3cc(Cl)ccc3O)c(O)ccc2c1.[Cr].[Na+]. The molecule has 0 atom stereocenters. The van der Waals surface area contributed by atoms with Crippen molar-refractivity contribution in [1.29, 1.82) is 0 Å². The molecule has 0 bridgehead atoms. The molecule has 0 fully saturated rings. The zero-order valence-electron chi connectivity index (χ0n) is 14.2. The van der Waals surface area contributed by atoms with Crippen LogP contribution in [0.2, 0.25) is 5.02 Å². The summed E-state index contributed by atoms with van der Waals surface area (Å²) < 4.78 is 33.5. The smallest absolute Gasteiger partial charge is 0.744 e. The minimum Gasteiger partial charge on any atom is -0.744 e. The van der Waals surface area contributed by atoms with Gasteiger partial charge in [-0.15, -0.1) is 10.2 Å². The summed E-state index contributed by atoms with van der Waals surface area (Å²) in [7, 11) is -4.78. The zero-order valence-corrected chi connectivity index (χ0v) is 19.0. The van der Waals surface area contributed by atoms with E-state index in [-0.39, 0.29) is 80.6 Å². The van der Waals surface area contributed by atoms with Gasteiger partial charge in [-0.05, 0) is 41.8 Å². The molecule has 0 spiro atoms. The van der Waals surface area contributed by atoms with Gasteiger partial charge >= 0.3 is 29.6 Å². The molecule has 3 N–H and O–H groups in total. The summed E-state index contributed by atoms with van der Waals surface area (Å²) in [5.41, 5.74) is -0.152. The average Bonchev–Trinajstić information content (AvgIpc) is 2.56. The van der Waals surface area contributed by atoms with Gasteiger partial charge in [0.2, 0.25) is 0 Å². The van der Waals surface area contributed by atoms with Crippen LogP contribution in [0, 0.1) is 0 Å². The molecular formula is C16H10ClCrN2NaO6S. The van der Waals surface area contributed by atoms with E-state index in [1.807, 2.05) is 0 Å². The zero-order chi connectivity index (χ0) is 19.1. The third-order valence-corrected chi connectivity index (χ3v) is 4.55. The minimum absolute atomic E-state index is 0. The number of benzene rings is 3. The van der Waals surface area contributed by atoms with Gasteiger partial charge in [0.25, 0.3) is 0 Å². The second-order valence-corrected chi connectivity index (χ2v) is 7.08. The molecule has 0 saturated heterocycles. The number of phenolic OH excluding ortho intramolecular Hbond substituents is 3. The Bertz CT molecular complexity index is 1170. The molecule has 0 aromatic heterocycles. The molecule has 0 aliphatic heterocycles. The Morgan fingerprint density at radius 3 is 2.18 bits per heavy atom. The van der Waals surface area contributed by atoms with Crippen molar-refractivity contribution < 1.29 is 75.2 Å². The minimum atomic E-state index is -4.78. The number of phenols is 3. The van der Waals surface area contributed by atoms with E-state index in [4.69, 9.17) is 11.6 Å². The number of azo groups is 1. The maximum absolute atomic E-state index is 11.2. The van der Waals surface area contributed by atoms with Gasteiger partial charge in [-0.25, -0.2) is 8.42 Å². The molecule has 3 aromatic carbocycles. The molecule has 0 radical (unpaired) electrons. The van der Waals surface area contributed by atoms with Gasteiger partial charge in [-0.2, -0.15) is 0 Å². The largest absolute Gasteiger partial charge is 1.00 e. The standard InChI is InChI=1S/C16H11ClN2O6S.Cr.Na/c17-9-2-4-12(20)11(6-9)18-19-16-13(21)3-1-8-5-10(26(23,24)25)7-14(22)15(8)16;;/h1-7,20-22H,(H,23,24,25);;/q;;+1/p-1. The third-order valence-electron chi connectivity index (χ3n) is 3.51. The van der Waals surface area contributed by atoms with Gasteiger partial charge in [-0.1, -0.05) is 17.7 Å². The van der Waals surface area contributed by atoms with Crippen LogP contribution in [0.25, 0.3) is 10.8 Å². The van der Waals surface area contributed by atoms with Crippen LogP contribution in [-0.2, 0) is 27.5 Å². The van der Waals surface area contributed by atoms with Crippen molar-refractivity contribution in [3.63, 3.8) is 0 Å². The number of nitrogens with zero attached hydrogens (tertiary/aromatic N) is 2. The van der Waals surface area contributed by atoms with E-state index in [9.17, 15) is 28.3 Å². The quantitative estimate of drug-likeness (QED) is 0.296.